The van der Waals surface area contributed by atoms with Crippen molar-refractivity contribution < 1.29 is 28.2 Å². The number of methoxy groups -OCH3 is 1. The molecule has 1 saturated heterocycles. The molecule has 0 bridgehead atoms. The van der Waals surface area contributed by atoms with Gasteiger partial charge in [0.25, 0.3) is 0 Å². The van der Waals surface area contributed by atoms with Crippen molar-refractivity contribution in [3.63, 3.8) is 0 Å². The largest absolute Gasteiger partial charge is 0.487 e. The van der Waals surface area contributed by atoms with Crippen LogP contribution in [-0.4, -0.2) is 38.4 Å². The maximum atomic E-state index is 5.66. The maximum absolute atomic E-state index is 5.66. The van der Waals surface area contributed by atoms with E-state index in [0.29, 0.717) is 30.5 Å². The molecule has 0 amide bonds. The Morgan fingerprint density at radius 1 is 1.17 bits per heavy atom. The number of aromatic nitrogens is 1. The molecular weight excluding hydrogens is 302 g/mol. The molecule has 2 heterocycles. The van der Waals surface area contributed by atoms with E-state index in [0.717, 1.165) is 12.3 Å². The molecule has 0 N–H and O–H groups in total. The zero-order chi connectivity index (χ0) is 15.9. The Labute approximate surface area is 134 Å². The molecule has 124 valence electrons. The molecule has 1 atom stereocenters. The van der Waals surface area contributed by atoms with Crippen LogP contribution >= 0.6 is 0 Å². The Kier molecular flexibility index (Phi) is 5.46. The summed E-state index contributed by atoms with van der Waals surface area (Å²) in [6.07, 6.45) is 0.201. The number of hydrogen-bond donors (Lipinski definition) is 0. The molecule has 1 aliphatic rings. The van der Waals surface area contributed by atoms with E-state index in [4.69, 9.17) is 28.2 Å². The molecule has 1 aromatic carbocycles. The van der Waals surface area contributed by atoms with Crippen molar-refractivity contribution in [1.29, 1.82) is 0 Å². The highest BCUT2D eigenvalue weighted by atomic mass is 16.7. The van der Waals surface area contributed by atoms with Crippen LogP contribution < -0.4 is 9.47 Å². The molecule has 3 rings (SSSR count). The first-order valence-electron chi connectivity index (χ1n) is 7.32. The van der Waals surface area contributed by atoms with Crippen LogP contribution in [0.25, 0.3) is 0 Å². The third-order valence-electron chi connectivity index (χ3n) is 3.12. The minimum Gasteiger partial charge on any atom is -0.487 e. The van der Waals surface area contributed by atoms with Crippen LogP contribution in [0.15, 0.2) is 34.9 Å². The zero-order valence-electron chi connectivity index (χ0n) is 12.9. The van der Waals surface area contributed by atoms with Gasteiger partial charge in [-0.15, -0.1) is 0 Å². The van der Waals surface area contributed by atoms with Gasteiger partial charge >= 0.3 is 0 Å². The number of rotatable bonds is 10. The number of benzene rings is 1. The third kappa shape index (κ3) is 4.95. The second-order valence-electron chi connectivity index (χ2n) is 5.04. The summed E-state index contributed by atoms with van der Waals surface area (Å²) in [5.74, 6) is 1.93. The highest BCUT2D eigenvalue weighted by Gasteiger charge is 2.23. The monoisotopic (exact) mass is 321 g/mol. The molecule has 1 fully saturated rings. The van der Waals surface area contributed by atoms with Crippen LogP contribution in [0.4, 0.5) is 0 Å². The highest BCUT2D eigenvalue weighted by molar-refractivity contribution is 5.39. The van der Waals surface area contributed by atoms with Gasteiger partial charge in [0.2, 0.25) is 0 Å². The van der Waals surface area contributed by atoms with Crippen molar-refractivity contribution in [2.75, 3.05) is 27.1 Å². The molecule has 1 unspecified atom stereocenters. The molecule has 23 heavy (non-hydrogen) atoms. The number of para-hydroxylation sites is 2. The standard InChI is InChI=1S/C16H19NO6/c1-18-7-12-6-13(23-17-12)8-19-11-22-16-5-3-2-4-15(16)21-10-14-9-20-14/h2-6,14H,7-11H2,1H3. The zero-order valence-corrected chi connectivity index (χ0v) is 12.9. The summed E-state index contributed by atoms with van der Waals surface area (Å²) < 4.78 is 31.9. The molecule has 2 aromatic rings. The summed E-state index contributed by atoms with van der Waals surface area (Å²) in [6.45, 7) is 2.06. The van der Waals surface area contributed by atoms with Crippen molar-refractivity contribution >= 4 is 0 Å². The Morgan fingerprint density at radius 2 is 1.96 bits per heavy atom. The van der Waals surface area contributed by atoms with E-state index in [1.807, 2.05) is 24.3 Å². The van der Waals surface area contributed by atoms with Crippen LogP contribution in [0.2, 0.25) is 0 Å². The summed E-state index contributed by atoms with van der Waals surface area (Å²) >= 11 is 0. The molecule has 0 saturated carbocycles. The van der Waals surface area contributed by atoms with E-state index in [1.54, 1.807) is 13.2 Å². The highest BCUT2D eigenvalue weighted by Crippen LogP contribution is 2.27. The minimum atomic E-state index is 0.0839. The summed E-state index contributed by atoms with van der Waals surface area (Å²) in [4.78, 5) is 0. The van der Waals surface area contributed by atoms with E-state index >= 15 is 0 Å². The average molecular weight is 321 g/mol. The number of ether oxygens (including phenoxy) is 5. The molecule has 0 aliphatic carbocycles. The molecular formula is C16H19NO6. The normalized spacial score (nSPS) is 16.3. The summed E-state index contributed by atoms with van der Waals surface area (Å²) in [6, 6.07) is 9.24. The maximum Gasteiger partial charge on any atom is 0.189 e. The quantitative estimate of drug-likeness (QED) is 0.377. The predicted molar refractivity (Wildman–Crippen MR) is 79.2 cm³/mol. The van der Waals surface area contributed by atoms with Crippen molar-refractivity contribution in [1.82, 2.24) is 5.16 Å². The van der Waals surface area contributed by atoms with Gasteiger partial charge in [0, 0.05) is 13.2 Å². The van der Waals surface area contributed by atoms with Gasteiger partial charge in [-0.25, -0.2) is 0 Å². The Balaban J connectivity index is 1.42. The van der Waals surface area contributed by atoms with Gasteiger partial charge in [0.15, 0.2) is 24.1 Å². The van der Waals surface area contributed by atoms with Crippen molar-refractivity contribution in [3.8, 4) is 11.5 Å². The van der Waals surface area contributed by atoms with Crippen LogP contribution in [0, 0.1) is 0 Å². The SMILES string of the molecule is COCc1cc(COCOc2ccccc2OCC2CO2)on1. The summed E-state index contributed by atoms with van der Waals surface area (Å²) in [5, 5.41) is 3.85. The Hall–Kier alpha value is -2.09. The number of nitrogens with zero attached hydrogens (tertiary/aromatic N) is 1. The molecule has 1 aliphatic heterocycles. The molecule has 1 aromatic heterocycles. The fraction of sp³-hybridized carbons (Fsp3) is 0.438. The second kappa shape index (κ2) is 7.96. The first-order valence-corrected chi connectivity index (χ1v) is 7.32. The first-order chi connectivity index (χ1) is 11.3. The summed E-state index contributed by atoms with van der Waals surface area (Å²) in [7, 11) is 1.60. The van der Waals surface area contributed by atoms with Crippen molar-refractivity contribution in [3.05, 3.63) is 41.8 Å². The van der Waals surface area contributed by atoms with Gasteiger partial charge in [-0.1, -0.05) is 17.3 Å². The smallest absolute Gasteiger partial charge is 0.189 e. The minimum absolute atomic E-state index is 0.0839. The van der Waals surface area contributed by atoms with E-state index in [1.165, 1.54) is 0 Å². The van der Waals surface area contributed by atoms with Crippen LogP contribution in [-0.2, 0) is 27.4 Å². The fourth-order valence-electron chi connectivity index (χ4n) is 1.92. The first kappa shape index (κ1) is 15.8. The Bertz CT molecular complexity index is 610. The summed E-state index contributed by atoms with van der Waals surface area (Å²) in [5.41, 5.74) is 0.730. The number of hydrogen-bond acceptors (Lipinski definition) is 7. The van der Waals surface area contributed by atoms with Gasteiger partial charge in [-0.05, 0) is 12.1 Å². The lowest BCUT2D eigenvalue weighted by molar-refractivity contribution is -0.00509. The lowest BCUT2D eigenvalue weighted by atomic mass is 10.3. The van der Waals surface area contributed by atoms with Gasteiger partial charge in [-0.3, -0.25) is 0 Å². The second-order valence-corrected chi connectivity index (χ2v) is 5.04. The van der Waals surface area contributed by atoms with E-state index in [2.05, 4.69) is 5.16 Å². The van der Waals surface area contributed by atoms with E-state index in [-0.39, 0.29) is 19.5 Å². The topological polar surface area (TPSA) is 75.5 Å². The van der Waals surface area contributed by atoms with Crippen LogP contribution in [0.3, 0.4) is 0 Å². The van der Waals surface area contributed by atoms with Gasteiger partial charge in [0.05, 0.1) is 13.2 Å². The lowest BCUT2D eigenvalue weighted by Gasteiger charge is -2.11. The predicted octanol–water partition coefficient (Wildman–Crippen LogP) is 2.15. The van der Waals surface area contributed by atoms with Crippen LogP contribution in [0.1, 0.15) is 11.5 Å². The fourth-order valence-corrected chi connectivity index (χ4v) is 1.92. The van der Waals surface area contributed by atoms with Gasteiger partial charge in [0.1, 0.15) is 25.0 Å². The number of epoxide rings is 1. The van der Waals surface area contributed by atoms with Crippen LogP contribution in [0.5, 0.6) is 11.5 Å². The van der Waals surface area contributed by atoms with Gasteiger partial charge < -0.3 is 28.2 Å². The lowest BCUT2D eigenvalue weighted by Crippen LogP contribution is -2.07. The van der Waals surface area contributed by atoms with Crippen molar-refractivity contribution in [2.45, 2.75) is 19.3 Å². The third-order valence-corrected chi connectivity index (χ3v) is 3.12. The van der Waals surface area contributed by atoms with E-state index in [9.17, 15) is 0 Å². The molecule has 0 spiro atoms. The van der Waals surface area contributed by atoms with Gasteiger partial charge in [-0.2, -0.15) is 0 Å². The average Bonchev–Trinajstić information content (AvgIpc) is 3.30. The molecule has 0 radical (unpaired) electrons. The van der Waals surface area contributed by atoms with E-state index < -0.39 is 0 Å². The Morgan fingerprint density at radius 3 is 2.70 bits per heavy atom. The molecule has 7 heteroatoms. The molecule has 7 nitrogen and oxygen atoms in total. The van der Waals surface area contributed by atoms with Crippen molar-refractivity contribution in [2.24, 2.45) is 0 Å².